The molecule has 0 aliphatic carbocycles. The molecule has 0 bridgehead atoms. The zero-order valence-corrected chi connectivity index (χ0v) is 9.48. The van der Waals surface area contributed by atoms with E-state index in [2.05, 4.69) is 9.97 Å². The van der Waals surface area contributed by atoms with E-state index in [-0.39, 0.29) is 22.8 Å². The van der Waals surface area contributed by atoms with E-state index in [1.165, 1.54) is 10.8 Å². The standard InChI is InChI=1S/C10H13N3O4/c1-5(4-17-2)13-3-6-7(9(13)15)11-10(16)12-8(6)14/h3,5,15H,4H2,1-2H3,(H2,11,12,14,16). The summed E-state index contributed by atoms with van der Waals surface area (Å²) in [7, 11) is 1.55. The first-order chi connectivity index (χ1) is 8.04. The second-order valence-corrected chi connectivity index (χ2v) is 3.86. The molecule has 7 heteroatoms. The molecule has 1 atom stereocenters. The van der Waals surface area contributed by atoms with Crippen LogP contribution in [-0.2, 0) is 4.74 Å². The Hall–Kier alpha value is -2.02. The second kappa shape index (κ2) is 4.10. The van der Waals surface area contributed by atoms with E-state index in [9.17, 15) is 14.7 Å². The smallest absolute Gasteiger partial charge is 0.326 e. The summed E-state index contributed by atoms with van der Waals surface area (Å²) in [5, 5.41) is 10.2. The summed E-state index contributed by atoms with van der Waals surface area (Å²) < 4.78 is 6.46. The van der Waals surface area contributed by atoms with Crippen LogP contribution in [0.5, 0.6) is 5.88 Å². The number of hydrogen-bond donors (Lipinski definition) is 3. The van der Waals surface area contributed by atoms with E-state index in [0.717, 1.165) is 0 Å². The van der Waals surface area contributed by atoms with Crippen molar-refractivity contribution in [3.8, 4) is 5.88 Å². The minimum absolute atomic E-state index is 0.140. The van der Waals surface area contributed by atoms with Gasteiger partial charge >= 0.3 is 5.69 Å². The van der Waals surface area contributed by atoms with Crippen molar-refractivity contribution in [2.24, 2.45) is 0 Å². The lowest BCUT2D eigenvalue weighted by atomic mass is 10.3. The van der Waals surface area contributed by atoms with Gasteiger partial charge in [0.25, 0.3) is 5.56 Å². The van der Waals surface area contributed by atoms with Gasteiger partial charge in [-0.25, -0.2) is 4.79 Å². The highest BCUT2D eigenvalue weighted by Crippen LogP contribution is 2.25. The summed E-state index contributed by atoms with van der Waals surface area (Å²) in [6.07, 6.45) is 1.49. The van der Waals surface area contributed by atoms with E-state index in [1.807, 2.05) is 6.92 Å². The number of methoxy groups -OCH3 is 1. The molecule has 0 spiro atoms. The molecule has 0 aromatic carbocycles. The van der Waals surface area contributed by atoms with Gasteiger partial charge in [0, 0.05) is 13.3 Å². The molecular formula is C10H13N3O4. The molecule has 0 saturated carbocycles. The molecule has 17 heavy (non-hydrogen) atoms. The van der Waals surface area contributed by atoms with Crippen LogP contribution >= 0.6 is 0 Å². The molecule has 0 amide bonds. The number of nitrogens with zero attached hydrogens (tertiary/aromatic N) is 1. The van der Waals surface area contributed by atoms with E-state index in [0.29, 0.717) is 6.61 Å². The molecule has 2 heterocycles. The Morgan fingerprint density at radius 1 is 1.47 bits per heavy atom. The van der Waals surface area contributed by atoms with Crippen molar-refractivity contribution in [3.05, 3.63) is 27.0 Å². The van der Waals surface area contributed by atoms with Crippen LogP contribution in [0, 0.1) is 0 Å². The maximum absolute atomic E-state index is 11.5. The number of nitrogens with one attached hydrogen (secondary N) is 2. The van der Waals surface area contributed by atoms with Gasteiger partial charge in [0.15, 0.2) is 0 Å². The molecule has 2 aromatic rings. The SMILES string of the molecule is COCC(C)n1cc2c(=O)[nH]c(=O)[nH]c2c1O. The number of rotatable bonds is 3. The van der Waals surface area contributed by atoms with Gasteiger partial charge in [-0.15, -0.1) is 0 Å². The Labute approximate surface area is 95.7 Å². The largest absolute Gasteiger partial charge is 0.493 e. The zero-order valence-electron chi connectivity index (χ0n) is 9.48. The van der Waals surface area contributed by atoms with Gasteiger partial charge in [-0.3, -0.25) is 9.78 Å². The Morgan fingerprint density at radius 2 is 2.18 bits per heavy atom. The number of aromatic amines is 2. The van der Waals surface area contributed by atoms with Crippen molar-refractivity contribution < 1.29 is 9.84 Å². The summed E-state index contributed by atoms with van der Waals surface area (Å²) in [5.74, 6) is -0.146. The number of aromatic nitrogens is 3. The molecule has 3 N–H and O–H groups in total. The Morgan fingerprint density at radius 3 is 2.82 bits per heavy atom. The lowest BCUT2D eigenvalue weighted by molar-refractivity contribution is 0.158. The minimum atomic E-state index is -0.644. The van der Waals surface area contributed by atoms with E-state index < -0.39 is 11.2 Å². The summed E-state index contributed by atoms with van der Waals surface area (Å²) in [4.78, 5) is 27.1. The molecule has 0 fully saturated rings. The lowest BCUT2D eigenvalue weighted by Gasteiger charge is -2.12. The van der Waals surface area contributed by atoms with Crippen LogP contribution in [0.15, 0.2) is 15.8 Å². The molecule has 2 aromatic heterocycles. The molecule has 2 rings (SSSR count). The van der Waals surface area contributed by atoms with Gasteiger partial charge in [0.05, 0.1) is 18.0 Å². The minimum Gasteiger partial charge on any atom is -0.493 e. The predicted molar refractivity (Wildman–Crippen MR) is 61.4 cm³/mol. The van der Waals surface area contributed by atoms with Gasteiger partial charge in [-0.1, -0.05) is 0 Å². The van der Waals surface area contributed by atoms with Crippen LogP contribution < -0.4 is 11.2 Å². The summed E-state index contributed by atoms with van der Waals surface area (Å²) in [6.45, 7) is 2.21. The number of ether oxygens (including phenoxy) is 1. The van der Waals surface area contributed by atoms with Crippen molar-refractivity contribution in [1.82, 2.24) is 14.5 Å². The van der Waals surface area contributed by atoms with Crippen molar-refractivity contribution in [3.63, 3.8) is 0 Å². The monoisotopic (exact) mass is 239 g/mol. The zero-order chi connectivity index (χ0) is 12.6. The molecular weight excluding hydrogens is 226 g/mol. The fourth-order valence-electron chi connectivity index (χ4n) is 1.78. The maximum atomic E-state index is 11.5. The van der Waals surface area contributed by atoms with E-state index >= 15 is 0 Å². The van der Waals surface area contributed by atoms with Crippen molar-refractivity contribution in [2.45, 2.75) is 13.0 Å². The van der Waals surface area contributed by atoms with Crippen LogP contribution in [0.1, 0.15) is 13.0 Å². The summed E-state index contributed by atoms with van der Waals surface area (Å²) in [6, 6.07) is -0.143. The molecule has 0 aliphatic rings. The van der Waals surface area contributed by atoms with Crippen molar-refractivity contribution >= 4 is 10.9 Å². The number of H-pyrrole nitrogens is 2. The van der Waals surface area contributed by atoms with Gasteiger partial charge in [-0.2, -0.15) is 0 Å². The average Bonchev–Trinajstić information content (AvgIpc) is 2.57. The molecule has 92 valence electrons. The van der Waals surface area contributed by atoms with Gasteiger partial charge in [-0.05, 0) is 6.92 Å². The van der Waals surface area contributed by atoms with Crippen LogP contribution in [0.2, 0.25) is 0 Å². The van der Waals surface area contributed by atoms with Gasteiger partial charge in [0.1, 0.15) is 5.52 Å². The van der Waals surface area contributed by atoms with Crippen molar-refractivity contribution in [2.75, 3.05) is 13.7 Å². The highest BCUT2D eigenvalue weighted by atomic mass is 16.5. The van der Waals surface area contributed by atoms with Gasteiger partial charge < -0.3 is 19.4 Å². The third-order valence-electron chi connectivity index (χ3n) is 2.60. The maximum Gasteiger partial charge on any atom is 0.326 e. The van der Waals surface area contributed by atoms with Gasteiger partial charge in [0.2, 0.25) is 5.88 Å². The van der Waals surface area contributed by atoms with E-state index in [4.69, 9.17) is 4.74 Å². The van der Waals surface area contributed by atoms with Crippen LogP contribution in [0.3, 0.4) is 0 Å². The first-order valence-corrected chi connectivity index (χ1v) is 5.09. The number of aromatic hydroxyl groups is 1. The average molecular weight is 239 g/mol. The Kier molecular flexibility index (Phi) is 2.76. The Bertz CT molecular complexity index is 652. The Balaban J connectivity index is 2.69. The molecule has 1 unspecified atom stereocenters. The first kappa shape index (κ1) is 11.5. The highest BCUT2D eigenvalue weighted by Gasteiger charge is 2.16. The fraction of sp³-hybridized carbons (Fsp3) is 0.400. The fourth-order valence-corrected chi connectivity index (χ4v) is 1.78. The summed E-state index contributed by atoms with van der Waals surface area (Å²) >= 11 is 0. The second-order valence-electron chi connectivity index (χ2n) is 3.86. The molecule has 0 radical (unpaired) electrons. The molecule has 0 saturated heterocycles. The normalized spacial score (nSPS) is 13.1. The third kappa shape index (κ3) is 1.84. The van der Waals surface area contributed by atoms with E-state index in [1.54, 1.807) is 7.11 Å². The number of fused-ring (bicyclic) bond motifs is 1. The molecule has 7 nitrogen and oxygen atoms in total. The van der Waals surface area contributed by atoms with Crippen LogP contribution in [0.25, 0.3) is 10.9 Å². The summed E-state index contributed by atoms with van der Waals surface area (Å²) in [5.41, 5.74) is -1.03. The quantitative estimate of drug-likeness (QED) is 0.698. The topological polar surface area (TPSA) is 100 Å². The lowest BCUT2D eigenvalue weighted by Crippen LogP contribution is -2.20. The third-order valence-corrected chi connectivity index (χ3v) is 2.60. The van der Waals surface area contributed by atoms with Crippen LogP contribution in [-0.4, -0.2) is 33.4 Å². The predicted octanol–water partition coefficient (Wildman–Crippen LogP) is -0.0691. The highest BCUT2D eigenvalue weighted by molar-refractivity contribution is 5.82. The van der Waals surface area contributed by atoms with Crippen LogP contribution in [0.4, 0.5) is 0 Å². The van der Waals surface area contributed by atoms with Crippen molar-refractivity contribution in [1.29, 1.82) is 0 Å². The molecule has 0 aliphatic heterocycles. The number of hydrogen-bond acceptors (Lipinski definition) is 4. The first-order valence-electron chi connectivity index (χ1n) is 5.09.